The van der Waals surface area contributed by atoms with Gasteiger partial charge in [0.05, 0.1) is 12.0 Å². The number of benzene rings is 2. The Bertz CT molecular complexity index is 1020. The Labute approximate surface area is 177 Å². The second-order valence-electron chi connectivity index (χ2n) is 6.63. The highest BCUT2D eigenvalue weighted by Gasteiger charge is 2.25. The van der Waals surface area contributed by atoms with Gasteiger partial charge in [0.1, 0.15) is 5.82 Å². The lowest BCUT2D eigenvalue weighted by molar-refractivity contribution is 0.625. The van der Waals surface area contributed by atoms with E-state index >= 15 is 0 Å². The van der Waals surface area contributed by atoms with E-state index in [1.807, 2.05) is 42.5 Å². The van der Waals surface area contributed by atoms with Crippen molar-refractivity contribution in [2.75, 3.05) is 0 Å². The highest BCUT2D eigenvalue weighted by Crippen LogP contribution is 2.35. The average Bonchev–Trinajstić information content (AvgIpc) is 3.19. The van der Waals surface area contributed by atoms with Crippen LogP contribution in [0.3, 0.4) is 0 Å². The summed E-state index contributed by atoms with van der Waals surface area (Å²) in [5, 5.41) is 0. The standard InChI is InChI=1S/C23H19FIN3/c24-19-8-6-17(7-9-19)22(16-4-2-1-3-5-16)20(25)14-21-23(28-15-27-21)18-10-12-26-13-11-18/h1-13,15,20,22H,14H2,(H,27,28). The number of halogens is 2. The molecular weight excluding hydrogens is 464 g/mol. The van der Waals surface area contributed by atoms with Crippen LogP contribution >= 0.6 is 22.6 Å². The lowest BCUT2D eigenvalue weighted by Crippen LogP contribution is -2.17. The van der Waals surface area contributed by atoms with Gasteiger partial charge in [-0.25, -0.2) is 9.37 Å². The Morgan fingerprint density at radius 1 is 0.893 bits per heavy atom. The number of aromatic nitrogens is 3. The van der Waals surface area contributed by atoms with Crippen molar-refractivity contribution in [3.63, 3.8) is 0 Å². The minimum atomic E-state index is -0.214. The first-order chi connectivity index (χ1) is 13.7. The fourth-order valence-electron chi connectivity index (χ4n) is 3.49. The largest absolute Gasteiger partial charge is 0.348 e. The highest BCUT2D eigenvalue weighted by atomic mass is 127. The minimum absolute atomic E-state index is 0.149. The molecule has 3 nitrogen and oxygen atoms in total. The fraction of sp³-hybridized carbons (Fsp3) is 0.130. The number of nitrogens with zero attached hydrogens (tertiary/aromatic N) is 2. The molecule has 2 atom stereocenters. The van der Waals surface area contributed by atoms with E-state index in [4.69, 9.17) is 0 Å². The molecule has 5 heteroatoms. The van der Waals surface area contributed by atoms with E-state index < -0.39 is 0 Å². The van der Waals surface area contributed by atoms with Crippen LogP contribution in [-0.2, 0) is 6.42 Å². The van der Waals surface area contributed by atoms with Gasteiger partial charge < -0.3 is 4.98 Å². The zero-order valence-corrected chi connectivity index (χ0v) is 17.3. The van der Waals surface area contributed by atoms with Gasteiger partial charge in [-0.05, 0) is 35.4 Å². The lowest BCUT2D eigenvalue weighted by Gasteiger charge is -2.24. The normalized spacial score (nSPS) is 13.2. The summed E-state index contributed by atoms with van der Waals surface area (Å²) < 4.78 is 13.7. The third-order valence-corrected chi connectivity index (χ3v) is 5.98. The van der Waals surface area contributed by atoms with Crippen LogP contribution < -0.4 is 0 Å². The molecule has 1 N–H and O–H groups in total. The van der Waals surface area contributed by atoms with Crippen LogP contribution in [0.5, 0.6) is 0 Å². The summed E-state index contributed by atoms with van der Waals surface area (Å²) in [6, 6.07) is 21.2. The Balaban J connectivity index is 1.67. The van der Waals surface area contributed by atoms with Crippen molar-refractivity contribution < 1.29 is 4.39 Å². The molecule has 2 unspecified atom stereocenters. The van der Waals surface area contributed by atoms with Crippen molar-refractivity contribution in [2.45, 2.75) is 16.3 Å². The zero-order valence-electron chi connectivity index (χ0n) is 15.1. The average molecular weight is 483 g/mol. The van der Waals surface area contributed by atoms with Crippen molar-refractivity contribution in [1.29, 1.82) is 0 Å². The van der Waals surface area contributed by atoms with Crippen LogP contribution in [0.15, 0.2) is 85.5 Å². The number of alkyl halides is 1. The van der Waals surface area contributed by atoms with Crippen LogP contribution in [0.2, 0.25) is 0 Å². The molecule has 2 heterocycles. The van der Waals surface area contributed by atoms with Gasteiger partial charge in [0.15, 0.2) is 0 Å². The summed E-state index contributed by atoms with van der Waals surface area (Å²) in [6.45, 7) is 0. The van der Waals surface area contributed by atoms with E-state index in [2.05, 4.69) is 49.7 Å². The fourth-order valence-corrected chi connectivity index (χ4v) is 4.76. The van der Waals surface area contributed by atoms with Crippen LogP contribution in [0, 0.1) is 5.82 Å². The van der Waals surface area contributed by atoms with Gasteiger partial charge in [-0.2, -0.15) is 0 Å². The minimum Gasteiger partial charge on any atom is -0.348 e. The smallest absolute Gasteiger partial charge is 0.123 e. The first-order valence-corrected chi connectivity index (χ1v) is 10.3. The maximum absolute atomic E-state index is 13.5. The van der Waals surface area contributed by atoms with Crippen molar-refractivity contribution >= 4 is 22.6 Å². The Hall–Kier alpha value is -2.54. The van der Waals surface area contributed by atoms with E-state index in [1.54, 1.807) is 18.7 Å². The Morgan fingerprint density at radius 2 is 1.57 bits per heavy atom. The number of hydrogen-bond acceptors (Lipinski definition) is 2. The van der Waals surface area contributed by atoms with Crippen molar-refractivity contribution in [1.82, 2.24) is 15.0 Å². The quantitative estimate of drug-likeness (QED) is 0.279. The Kier molecular flexibility index (Phi) is 5.81. The maximum Gasteiger partial charge on any atom is 0.123 e. The second kappa shape index (κ2) is 8.65. The van der Waals surface area contributed by atoms with Gasteiger partial charge in [0.25, 0.3) is 0 Å². The molecule has 28 heavy (non-hydrogen) atoms. The summed E-state index contributed by atoms with van der Waals surface area (Å²) >= 11 is 2.50. The van der Waals surface area contributed by atoms with Crippen molar-refractivity contribution in [3.8, 4) is 11.3 Å². The predicted octanol–water partition coefficient (Wildman–Crippen LogP) is 5.79. The van der Waals surface area contributed by atoms with E-state index in [9.17, 15) is 4.39 Å². The number of pyridine rings is 1. The topological polar surface area (TPSA) is 41.6 Å². The first-order valence-electron chi connectivity index (χ1n) is 9.09. The molecule has 0 bridgehead atoms. The van der Waals surface area contributed by atoms with Crippen LogP contribution in [0.25, 0.3) is 11.3 Å². The molecule has 0 saturated heterocycles. The number of hydrogen-bond donors (Lipinski definition) is 1. The first kappa shape index (κ1) is 18.8. The molecular formula is C23H19FIN3. The van der Waals surface area contributed by atoms with Gasteiger partial charge in [-0.1, -0.05) is 65.1 Å². The van der Waals surface area contributed by atoms with Crippen molar-refractivity contribution in [2.24, 2.45) is 0 Å². The second-order valence-corrected chi connectivity index (χ2v) is 8.23. The number of H-pyrrole nitrogens is 1. The molecule has 0 saturated carbocycles. The summed E-state index contributed by atoms with van der Waals surface area (Å²) in [5.74, 6) is -0.0647. The highest BCUT2D eigenvalue weighted by molar-refractivity contribution is 14.1. The number of aromatic amines is 1. The molecule has 0 amide bonds. The van der Waals surface area contributed by atoms with E-state index in [0.717, 1.165) is 28.9 Å². The summed E-state index contributed by atoms with van der Waals surface area (Å²) in [5.41, 5.74) is 5.42. The third kappa shape index (κ3) is 4.14. The summed E-state index contributed by atoms with van der Waals surface area (Å²) in [7, 11) is 0. The summed E-state index contributed by atoms with van der Waals surface area (Å²) in [6.07, 6.45) is 6.11. The zero-order chi connectivity index (χ0) is 19.3. The maximum atomic E-state index is 13.5. The van der Waals surface area contributed by atoms with Crippen molar-refractivity contribution in [3.05, 3.63) is 108 Å². The third-order valence-electron chi connectivity index (χ3n) is 4.82. The van der Waals surface area contributed by atoms with Gasteiger partial charge in [0.2, 0.25) is 0 Å². The summed E-state index contributed by atoms with van der Waals surface area (Å²) in [4.78, 5) is 11.9. The molecule has 4 rings (SSSR count). The molecule has 0 aliphatic carbocycles. The van der Waals surface area contributed by atoms with Gasteiger partial charge in [-0.15, -0.1) is 0 Å². The molecule has 140 valence electrons. The van der Waals surface area contributed by atoms with Crippen LogP contribution in [0.4, 0.5) is 4.39 Å². The SMILES string of the molecule is Fc1ccc(C(c2ccccc2)C(I)Cc2[nH]cnc2-c2ccncc2)cc1. The molecule has 0 radical (unpaired) electrons. The van der Waals surface area contributed by atoms with Gasteiger partial charge in [-0.3, -0.25) is 4.98 Å². The van der Waals surface area contributed by atoms with E-state index in [0.29, 0.717) is 0 Å². The number of nitrogens with one attached hydrogen (secondary N) is 1. The predicted molar refractivity (Wildman–Crippen MR) is 118 cm³/mol. The molecule has 0 aliphatic heterocycles. The van der Waals surface area contributed by atoms with Gasteiger partial charge >= 0.3 is 0 Å². The molecule has 0 fully saturated rings. The monoisotopic (exact) mass is 483 g/mol. The van der Waals surface area contributed by atoms with Gasteiger partial charge in [0, 0.05) is 39.9 Å². The lowest BCUT2D eigenvalue weighted by atomic mass is 9.86. The molecule has 2 aromatic carbocycles. The molecule has 0 aliphatic rings. The molecule has 2 aromatic heterocycles. The van der Waals surface area contributed by atoms with E-state index in [-0.39, 0.29) is 15.7 Å². The van der Waals surface area contributed by atoms with E-state index in [1.165, 1.54) is 17.7 Å². The number of imidazole rings is 1. The van der Waals surface area contributed by atoms with Crippen LogP contribution in [0.1, 0.15) is 22.7 Å². The molecule has 0 spiro atoms. The number of rotatable bonds is 6. The van der Waals surface area contributed by atoms with Crippen LogP contribution in [-0.4, -0.2) is 18.9 Å². The molecule has 4 aromatic rings. The Morgan fingerprint density at radius 3 is 2.29 bits per heavy atom.